The maximum Gasteiger partial charge on any atom is 0.233 e. The molecule has 0 saturated heterocycles. The fraction of sp³-hybridized carbons (Fsp3) is 0.438. The lowest BCUT2D eigenvalue weighted by Gasteiger charge is -2.36. The summed E-state index contributed by atoms with van der Waals surface area (Å²) in [5.41, 5.74) is 0.917. The van der Waals surface area contributed by atoms with Gasteiger partial charge in [-0.2, -0.15) is 0 Å². The first-order chi connectivity index (χ1) is 10.9. The van der Waals surface area contributed by atoms with Gasteiger partial charge in [-0.15, -0.1) is 10.2 Å². The van der Waals surface area contributed by atoms with Crippen LogP contribution in [-0.4, -0.2) is 38.6 Å². The zero-order valence-electron chi connectivity index (χ0n) is 13.8. The van der Waals surface area contributed by atoms with Crippen LogP contribution in [0.15, 0.2) is 39.0 Å². The number of amides is 1. The van der Waals surface area contributed by atoms with Crippen molar-refractivity contribution in [3.8, 4) is 0 Å². The van der Waals surface area contributed by atoms with Gasteiger partial charge in [-0.1, -0.05) is 65.2 Å². The molecule has 0 saturated carbocycles. The molecule has 0 spiro atoms. The number of nitrogens with zero attached hydrogens (tertiary/aromatic N) is 3. The average Bonchev–Trinajstić information content (AvgIpc) is 2.98. The van der Waals surface area contributed by atoms with Crippen LogP contribution in [0.2, 0.25) is 0 Å². The Morgan fingerprint density at radius 2 is 1.83 bits per heavy atom. The van der Waals surface area contributed by atoms with Crippen LogP contribution in [0.3, 0.4) is 0 Å². The van der Waals surface area contributed by atoms with Gasteiger partial charge >= 0.3 is 0 Å². The van der Waals surface area contributed by atoms with E-state index in [1.807, 2.05) is 29.4 Å². The van der Waals surface area contributed by atoms with Crippen molar-refractivity contribution in [1.82, 2.24) is 15.1 Å². The van der Waals surface area contributed by atoms with Gasteiger partial charge in [0.1, 0.15) is 0 Å². The molecule has 23 heavy (non-hydrogen) atoms. The number of hydrogen-bond donors (Lipinski definition) is 0. The van der Waals surface area contributed by atoms with E-state index in [1.165, 1.54) is 23.1 Å². The Hall–Kier alpha value is -1.05. The number of benzene rings is 1. The lowest BCUT2D eigenvalue weighted by molar-refractivity contribution is -0.133. The molecular formula is C16H21N3OS3. The van der Waals surface area contributed by atoms with Gasteiger partial charge in [0.25, 0.3) is 0 Å². The van der Waals surface area contributed by atoms with Gasteiger partial charge in [-0.05, 0) is 32.6 Å². The maximum absolute atomic E-state index is 12.7. The fourth-order valence-corrected chi connectivity index (χ4v) is 4.32. The zero-order valence-corrected chi connectivity index (χ0v) is 16.2. The molecule has 7 heteroatoms. The highest BCUT2D eigenvalue weighted by molar-refractivity contribution is 8.03. The number of rotatable bonds is 6. The zero-order chi connectivity index (χ0) is 16.9. The number of aromatic nitrogens is 2. The summed E-state index contributed by atoms with van der Waals surface area (Å²) in [6.45, 7) is 6.82. The summed E-state index contributed by atoms with van der Waals surface area (Å²) >= 11 is 4.56. The molecule has 0 aliphatic carbocycles. The molecule has 0 atom stereocenters. The van der Waals surface area contributed by atoms with E-state index >= 15 is 0 Å². The highest BCUT2D eigenvalue weighted by Crippen LogP contribution is 2.28. The lowest BCUT2D eigenvalue weighted by Crippen LogP contribution is -2.45. The van der Waals surface area contributed by atoms with Crippen LogP contribution in [0.25, 0.3) is 0 Å². The summed E-state index contributed by atoms with van der Waals surface area (Å²) in [5, 5.41) is 8.16. The van der Waals surface area contributed by atoms with Crippen molar-refractivity contribution in [1.29, 1.82) is 0 Å². The third-order valence-electron chi connectivity index (χ3n) is 3.18. The van der Waals surface area contributed by atoms with Gasteiger partial charge < -0.3 is 4.90 Å². The van der Waals surface area contributed by atoms with Crippen molar-refractivity contribution in [3.63, 3.8) is 0 Å². The Bertz CT molecular complexity index is 638. The predicted octanol–water partition coefficient (Wildman–Crippen LogP) is 4.18. The Morgan fingerprint density at radius 1 is 1.17 bits per heavy atom. The van der Waals surface area contributed by atoms with Gasteiger partial charge in [0.2, 0.25) is 5.91 Å². The number of thioether (sulfide) groups is 2. The van der Waals surface area contributed by atoms with E-state index in [1.54, 1.807) is 11.8 Å². The van der Waals surface area contributed by atoms with Crippen molar-refractivity contribution < 1.29 is 4.79 Å². The molecule has 1 amide bonds. The minimum Gasteiger partial charge on any atom is -0.333 e. The topological polar surface area (TPSA) is 46.1 Å². The van der Waals surface area contributed by atoms with Gasteiger partial charge in [0.05, 0.1) is 5.75 Å². The summed E-state index contributed by atoms with van der Waals surface area (Å²) in [7, 11) is 0. The second-order valence-corrected chi connectivity index (χ2v) is 9.22. The fourth-order valence-electron chi connectivity index (χ4n) is 2.00. The average molecular weight is 368 g/mol. The van der Waals surface area contributed by atoms with Crippen LogP contribution in [-0.2, 0) is 11.3 Å². The van der Waals surface area contributed by atoms with E-state index in [0.29, 0.717) is 12.3 Å². The molecule has 1 aromatic carbocycles. The summed E-state index contributed by atoms with van der Waals surface area (Å²) in [6, 6.07) is 10.1. The Kier molecular flexibility index (Phi) is 6.50. The molecule has 4 nitrogen and oxygen atoms in total. The van der Waals surface area contributed by atoms with E-state index in [4.69, 9.17) is 0 Å². The van der Waals surface area contributed by atoms with Crippen LogP contribution < -0.4 is 0 Å². The van der Waals surface area contributed by atoms with E-state index in [0.717, 1.165) is 14.2 Å². The first-order valence-corrected chi connectivity index (χ1v) is 10.3. The lowest BCUT2D eigenvalue weighted by atomic mass is 10.0. The molecule has 1 aromatic heterocycles. The second-order valence-electron chi connectivity index (χ2n) is 5.96. The minimum atomic E-state index is -0.223. The maximum atomic E-state index is 12.7. The molecule has 1 heterocycles. The summed E-state index contributed by atoms with van der Waals surface area (Å²) in [5.74, 6) is 0.500. The van der Waals surface area contributed by atoms with Crippen molar-refractivity contribution in [2.75, 3.05) is 12.0 Å². The summed E-state index contributed by atoms with van der Waals surface area (Å²) in [6.07, 6.45) is 1.97. The van der Waals surface area contributed by atoms with Crippen molar-refractivity contribution in [2.45, 2.75) is 41.5 Å². The Morgan fingerprint density at radius 3 is 2.39 bits per heavy atom. The molecule has 0 aliphatic rings. The number of carbonyl (C=O) groups is 1. The number of hydrogen-bond acceptors (Lipinski definition) is 6. The normalized spacial score (nSPS) is 11.5. The molecular weight excluding hydrogens is 346 g/mol. The van der Waals surface area contributed by atoms with Crippen LogP contribution in [0.4, 0.5) is 0 Å². The molecule has 0 N–H and O–H groups in total. The highest BCUT2D eigenvalue weighted by atomic mass is 32.2. The smallest absolute Gasteiger partial charge is 0.233 e. The quantitative estimate of drug-likeness (QED) is 0.717. The standard InChI is InChI=1S/C16H21N3OS3/c1-16(2,3)19(10-12-8-6-5-7-9-12)13(20)11-22-15-18-17-14(21-4)23-15/h5-9H,10-11H2,1-4H3. The van der Waals surface area contributed by atoms with E-state index in [2.05, 4.69) is 43.1 Å². The SMILES string of the molecule is CSc1nnc(SCC(=O)N(Cc2ccccc2)C(C)(C)C)s1. The van der Waals surface area contributed by atoms with E-state index < -0.39 is 0 Å². The molecule has 0 fully saturated rings. The van der Waals surface area contributed by atoms with Gasteiger partial charge in [-0.3, -0.25) is 4.79 Å². The van der Waals surface area contributed by atoms with E-state index in [-0.39, 0.29) is 11.4 Å². The largest absolute Gasteiger partial charge is 0.333 e. The first kappa shape index (κ1) is 18.3. The van der Waals surface area contributed by atoms with Crippen LogP contribution in [0.5, 0.6) is 0 Å². The third-order valence-corrected chi connectivity index (χ3v) is 6.19. The summed E-state index contributed by atoms with van der Waals surface area (Å²) in [4.78, 5) is 14.6. The first-order valence-electron chi connectivity index (χ1n) is 7.25. The monoisotopic (exact) mass is 367 g/mol. The molecule has 0 bridgehead atoms. The van der Waals surface area contributed by atoms with Gasteiger partial charge in [0, 0.05) is 12.1 Å². The molecule has 2 rings (SSSR count). The molecule has 124 valence electrons. The Labute approximate surface area is 150 Å². The van der Waals surface area contributed by atoms with Crippen molar-refractivity contribution in [3.05, 3.63) is 35.9 Å². The third kappa shape index (κ3) is 5.51. The van der Waals surface area contributed by atoms with Crippen LogP contribution in [0, 0.1) is 0 Å². The van der Waals surface area contributed by atoms with Crippen molar-refractivity contribution in [2.24, 2.45) is 0 Å². The van der Waals surface area contributed by atoms with Crippen LogP contribution in [0.1, 0.15) is 26.3 Å². The minimum absolute atomic E-state index is 0.118. The second kappa shape index (κ2) is 8.17. The molecule has 2 aromatic rings. The molecule has 0 unspecified atom stereocenters. The van der Waals surface area contributed by atoms with Crippen molar-refractivity contribution >= 4 is 40.8 Å². The summed E-state index contributed by atoms with van der Waals surface area (Å²) < 4.78 is 1.77. The molecule has 0 radical (unpaired) electrons. The highest BCUT2D eigenvalue weighted by Gasteiger charge is 2.26. The van der Waals surface area contributed by atoms with E-state index in [9.17, 15) is 4.79 Å². The Balaban J connectivity index is 2.02. The van der Waals surface area contributed by atoms with Gasteiger partial charge in [0.15, 0.2) is 8.68 Å². The van der Waals surface area contributed by atoms with Gasteiger partial charge in [-0.25, -0.2) is 0 Å². The predicted molar refractivity (Wildman–Crippen MR) is 99.2 cm³/mol. The van der Waals surface area contributed by atoms with Crippen LogP contribution >= 0.6 is 34.9 Å². The number of carbonyl (C=O) groups excluding carboxylic acids is 1. The molecule has 0 aliphatic heterocycles.